The summed E-state index contributed by atoms with van der Waals surface area (Å²) in [5.41, 5.74) is 4.32. The zero-order valence-corrected chi connectivity index (χ0v) is 19.6. The number of rotatable bonds is 9. The molecular formula is C31H37F. The van der Waals surface area contributed by atoms with Crippen LogP contribution in [0.15, 0.2) is 67.3 Å². The first-order valence-electron chi connectivity index (χ1n) is 12.6. The van der Waals surface area contributed by atoms with Crippen LogP contribution in [0.3, 0.4) is 0 Å². The molecule has 3 aromatic carbocycles. The summed E-state index contributed by atoms with van der Waals surface area (Å²) >= 11 is 0. The van der Waals surface area contributed by atoms with Gasteiger partial charge >= 0.3 is 0 Å². The molecule has 0 amide bonds. The van der Waals surface area contributed by atoms with Gasteiger partial charge in [0.05, 0.1) is 0 Å². The Morgan fingerprint density at radius 1 is 0.938 bits per heavy atom. The quantitative estimate of drug-likeness (QED) is 0.235. The third kappa shape index (κ3) is 5.31. The number of allylic oxidation sites excluding steroid dienone is 1. The van der Waals surface area contributed by atoms with E-state index < -0.39 is 0 Å². The van der Waals surface area contributed by atoms with E-state index in [0.29, 0.717) is 16.9 Å². The predicted octanol–water partition coefficient (Wildman–Crippen LogP) is 9.62. The maximum absolute atomic E-state index is 15.3. The molecule has 0 atom stereocenters. The lowest BCUT2D eigenvalue weighted by molar-refractivity contribution is 0.303. The van der Waals surface area contributed by atoms with Crippen LogP contribution in [0.4, 0.5) is 4.39 Å². The summed E-state index contributed by atoms with van der Waals surface area (Å²) in [6.07, 6.45) is 14.7. The Labute approximate surface area is 193 Å². The molecule has 0 nitrogen and oxygen atoms in total. The molecule has 0 saturated heterocycles. The van der Waals surface area contributed by atoms with Crippen LogP contribution in [0.5, 0.6) is 0 Å². The molecule has 0 aliphatic heterocycles. The van der Waals surface area contributed by atoms with Crippen LogP contribution in [0.25, 0.3) is 21.9 Å². The summed E-state index contributed by atoms with van der Waals surface area (Å²) < 4.78 is 15.3. The zero-order chi connectivity index (χ0) is 22.3. The minimum atomic E-state index is -0.113. The zero-order valence-electron chi connectivity index (χ0n) is 19.6. The standard InChI is InChI=1S/C31H37F/c1-3-5-7-9-23-10-13-25(14-11-23)26-15-17-27(18-16-26)29-21-19-28-22-24(8-6-4-2)12-20-30(28)31(29)32/h4,12,15-23,25H,2-3,5-11,13-14H2,1H3. The fourth-order valence-electron chi connectivity index (χ4n) is 5.39. The second-order valence-electron chi connectivity index (χ2n) is 9.65. The van der Waals surface area contributed by atoms with Gasteiger partial charge in [-0.3, -0.25) is 0 Å². The SMILES string of the molecule is C=CCCc1ccc2c(F)c(-c3ccc(C4CCC(CCCCC)CC4)cc3)ccc2c1. The van der Waals surface area contributed by atoms with E-state index in [1.165, 1.54) is 62.5 Å². The Morgan fingerprint density at radius 3 is 2.44 bits per heavy atom. The van der Waals surface area contributed by atoms with Crippen LogP contribution in [-0.2, 0) is 6.42 Å². The van der Waals surface area contributed by atoms with Crippen LogP contribution < -0.4 is 0 Å². The average molecular weight is 429 g/mol. The summed E-state index contributed by atoms with van der Waals surface area (Å²) in [5, 5.41) is 1.68. The lowest BCUT2D eigenvalue weighted by Gasteiger charge is -2.29. The summed E-state index contributed by atoms with van der Waals surface area (Å²) in [7, 11) is 0. The van der Waals surface area contributed by atoms with Gasteiger partial charge in [-0.05, 0) is 72.4 Å². The van der Waals surface area contributed by atoms with Crippen molar-refractivity contribution in [1.82, 2.24) is 0 Å². The molecule has 0 aromatic heterocycles. The molecule has 0 spiro atoms. The molecule has 0 radical (unpaired) electrons. The molecule has 3 aromatic rings. The van der Waals surface area contributed by atoms with Crippen molar-refractivity contribution in [3.8, 4) is 11.1 Å². The van der Waals surface area contributed by atoms with Gasteiger partial charge in [0.1, 0.15) is 5.82 Å². The Bertz CT molecular complexity index is 1020. The van der Waals surface area contributed by atoms with E-state index >= 15 is 4.39 Å². The van der Waals surface area contributed by atoms with Crippen molar-refractivity contribution in [2.75, 3.05) is 0 Å². The van der Waals surface area contributed by atoms with Gasteiger partial charge in [0.15, 0.2) is 0 Å². The predicted molar refractivity (Wildman–Crippen MR) is 137 cm³/mol. The highest BCUT2D eigenvalue weighted by molar-refractivity contribution is 5.88. The molecule has 0 N–H and O–H groups in total. The lowest BCUT2D eigenvalue weighted by Crippen LogP contribution is -2.13. The van der Waals surface area contributed by atoms with Crippen molar-refractivity contribution in [2.24, 2.45) is 5.92 Å². The van der Waals surface area contributed by atoms with E-state index in [0.717, 1.165) is 29.7 Å². The first kappa shape index (κ1) is 22.8. The molecule has 1 aliphatic carbocycles. The summed E-state index contributed by atoms with van der Waals surface area (Å²) in [4.78, 5) is 0. The van der Waals surface area contributed by atoms with Crippen molar-refractivity contribution in [2.45, 2.75) is 77.0 Å². The number of hydrogen-bond donors (Lipinski definition) is 0. The molecule has 1 aliphatic rings. The third-order valence-electron chi connectivity index (χ3n) is 7.41. The van der Waals surface area contributed by atoms with Gasteiger partial charge < -0.3 is 0 Å². The number of hydrogen-bond acceptors (Lipinski definition) is 0. The maximum Gasteiger partial charge on any atom is 0.138 e. The van der Waals surface area contributed by atoms with Gasteiger partial charge in [0.2, 0.25) is 0 Å². The molecule has 1 heteroatoms. The van der Waals surface area contributed by atoms with Gasteiger partial charge in [-0.2, -0.15) is 0 Å². The second kappa shape index (κ2) is 10.9. The molecule has 0 heterocycles. The summed E-state index contributed by atoms with van der Waals surface area (Å²) in [6.45, 7) is 6.07. The van der Waals surface area contributed by atoms with E-state index in [1.54, 1.807) is 0 Å². The van der Waals surface area contributed by atoms with Gasteiger partial charge in [0, 0.05) is 10.9 Å². The Kier molecular flexibility index (Phi) is 7.79. The fourth-order valence-corrected chi connectivity index (χ4v) is 5.39. The number of aryl methyl sites for hydroxylation is 1. The van der Waals surface area contributed by atoms with Crippen LogP contribution in [0, 0.1) is 11.7 Å². The van der Waals surface area contributed by atoms with Gasteiger partial charge in [-0.15, -0.1) is 6.58 Å². The topological polar surface area (TPSA) is 0 Å². The highest BCUT2D eigenvalue weighted by atomic mass is 19.1. The normalized spacial score (nSPS) is 18.7. The van der Waals surface area contributed by atoms with Crippen molar-refractivity contribution in [3.63, 3.8) is 0 Å². The molecule has 4 rings (SSSR count). The maximum atomic E-state index is 15.3. The smallest absolute Gasteiger partial charge is 0.138 e. The minimum Gasteiger partial charge on any atom is -0.206 e. The molecule has 1 fully saturated rings. The number of benzene rings is 3. The first-order valence-corrected chi connectivity index (χ1v) is 12.6. The van der Waals surface area contributed by atoms with Crippen molar-refractivity contribution < 1.29 is 4.39 Å². The van der Waals surface area contributed by atoms with E-state index in [4.69, 9.17) is 0 Å². The molecular weight excluding hydrogens is 391 g/mol. The van der Waals surface area contributed by atoms with E-state index in [9.17, 15) is 0 Å². The van der Waals surface area contributed by atoms with Gasteiger partial charge in [0.25, 0.3) is 0 Å². The molecule has 0 bridgehead atoms. The molecule has 1 saturated carbocycles. The second-order valence-corrected chi connectivity index (χ2v) is 9.65. The van der Waals surface area contributed by atoms with E-state index in [-0.39, 0.29) is 5.82 Å². The monoisotopic (exact) mass is 428 g/mol. The Hall–Kier alpha value is -2.41. The molecule has 0 unspecified atom stereocenters. The number of fused-ring (bicyclic) bond motifs is 1. The van der Waals surface area contributed by atoms with Crippen LogP contribution in [0.2, 0.25) is 0 Å². The Morgan fingerprint density at radius 2 is 1.72 bits per heavy atom. The Balaban J connectivity index is 1.44. The van der Waals surface area contributed by atoms with E-state index in [1.807, 2.05) is 24.3 Å². The van der Waals surface area contributed by atoms with Gasteiger partial charge in [-0.25, -0.2) is 4.39 Å². The highest BCUT2D eigenvalue weighted by Gasteiger charge is 2.22. The highest BCUT2D eigenvalue weighted by Crippen LogP contribution is 2.38. The van der Waals surface area contributed by atoms with Gasteiger partial charge in [-0.1, -0.05) is 93.3 Å². The number of halogens is 1. The van der Waals surface area contributed by atoms with E-state index in [2.05, 4.69) is 49.9 Å². The largest absolute Gasteiger partial charge is 0.206 e. The summed E-state index contributed by atoms with van der Waals surface area (Å²) in [5.74, 6) is 1.49. The van der Waals surface area contributed by atoms with Crippen LogP contribution >= 0.6 is 0 Å². The van der Waals surface area contributed by atoms with Crippen molar-refractivity contribution in [3.05, 3.63) is 84.2 Å². The lowest BCUT2D eigenvalue weighted by atomic mass is 9.77. The van der Waals surface area contributed by atoms with Crippen LogP contribution in [-0.4, -0.2) is 0 Å². The fraction of sp³-hybridized carbons (Fsp3) is 0.419. The molecule has 168 valence electrons. The minimum absolute atomic E-state index is 0.113. The summed E-state index contributed by atoms with van der Waals surface area (Å²) in [6, 6.07) is 18.8. The van der Waals surface area contributed by atoms with Crippen LogP contribution in [0.1, 0.15) is 81.8 Å². The third-order valence-corrected chi connectivity index (χ3v) is 7.41. The van der Waals surface area contributed by atoms with Crippen molar-refractivity contribution in [1.29, 1.82) is 0 Å². The first-order chi connectivity index (χ1) is 15.7. The average Bonchev–Trinajstić information content (AvgIpc) is 2.84. The van der Waals surface area contributed by atoms with Crippen molar-refractivity contribution >= 4 is 10.8 Å². The number of unbranched alkanes of at least 4 members (excludes halogenated alkanes) is 2. The molecule has 32 heavy (non-hydrogen) atoms.